The minimum absolute atomic E-state index is 0.0567. The van der Waals surface area contributed by atoms with Crippen LogP contribution in [-0.2, 0) is 16.1 Å². The SMILES string of the molecule is CCCNc1cnc(CN2CC(=O)N(C)CC2=O)cn1. The first-order valence-corrected chi connectivity index (χ1v) is 6.66. The van der Waals surface area contributed by atoms with Gasteiger partial charge in [0.05, 0.1) is 31.2 Å². The van der Waals surface area contributed by atoms with Crippen molar-refractivity contribution in [2.24, 2.45) is 0 Å². The van der Waals surface area contributed by atoms with E-state index in [0.717, 1.165) is 18.8 Å². The second-order valence-electron chi connectivity index (χ2n) is 4.82. The molecule has 7 nitrogen and oxygen atoms in total. The van der Waals surface area contributed by atoms with Gasteiger partial charge in [-0.1, -0.05) is 6.92 Å². The lowest BCUT2D eigenvalue weighted by molar-refractivity contribution is -0.149. The Morgan fingerprint density at radius 3 is 2.65 bits per heavy atom. The van der Waals surface area contributed by atoms with Gasteiger partial charge in [-0.25, -0.2) is 4.98 Å². The minimum Gasteiger partial charge on any atom is -0.369 e. The predicted octanol–water partition coefficient (Wildman–Crippen LogP) is 0.0991. The number of likely N-dealkylation sites (N-methyl/N-ethyl adjacent to an activating group) is 1. The van der Waals surface area contributed by atoms with Gasteiger partial charge in [0.1, 0.15) is 12.4 Å². The number of hydrogen-bond donors (Lipinski definition) is 1. The Labute approximate surface area is 118 Å². The lowest BCUT2D eigenvalue weighted by Crippen LogP contribution is -2.51. The number of carbonyl (C=O) groups is 2. The van der Waals surface area contributed by atoms with Crippen molar-refractivity contribution in [2.75, 3.05) is 32.0 Å². The molecule has 1 aliphatic heterocycles. The van der Waals surface area contributed by atoms with Gasteiger partial charge in [-0.2, -0.15) is 0 Å². The van der Waals surface area contributed by atoms with Crippen molar-refractivity contribution in [3.8, 4) is 0 Å². The first-order valence-electron chi connectivity index (χ1n) is 6.66. The monoisotopic (exact) mass is 277 g/mol. The molecule has 1 saturated heterocycles. The molecule has 1 N–H and O–H groups in total. The van der Waals surface area contributed by atoms with Crippen molar-refractivity contribution >= 4 is 17.6 Å². The van der Waals surface area contributed by atoms with Crippen LogP contribution in [0.2, 0.25) is 0 Å². The lowest BCUT2D eigenvalue weighted by atomic mass is 10.3. The van der Waals surface area contributed by atoms with E-state index in [4.69, 9.17) is 0 Å². The summed E-state index contributed by atoms with van der Waals surface area (Å²) in [6.07, 6.45) is 4.29. The van der Waals surface area contributed by atoms with E-state index in [0.29, 0.717) is 12.2 Å². The average Bonchev–Trinajstić information content (AvgIpc) is 2.44. The predicted molar refractivity (Wildman–Crippen MR) is 73.9 cm³/mol. The highest BCUT2D eigenvalue weighted by Gasteiger charge is 2.27. The number of nitrogens with one attached hydrogen (secondary N) is 1. The first-order chi connectivity index (χ1) is 9.60. The van der Waals surface area contributed by atoms with E-state index in [1.165, 1.54) is 9.80 Å². The molecule has 108 valence electrons. The number of rotatable bonds is 5. The molecule has 1 fully saturated rings. The van der Waals surface area contributed by atoms with Crippen molar-refractivity contribution < 1.29 is 9.59 Å². The van der Waals surface area contributed by atoms with E-state index in [2.05, 4.69) is 22.2 Å². The Morgan fingerprint density at radius 1 is 1.20 bits per heavy atom. The maximum atomic E-state index is 11.8. The molecule has 7 heteroatoms. The van der Waals surface area contributed by atoms with Crippen LogP contribution in [0.1, 0.15) is 19.0 Å². The molecule has 20 heavy (non-hydrogen) atoms. The normalized spacial score (nSPS) is 15.7. The van der Waals surface area contributed by atoms with Gasteiger partial charge in [0.15, 0.2) is 0 Å². The zero-order chi connectivity index (χ0) is 14.5. The largest absolute Gasteiger partial charge is 0.369 e. The van der Waals surface area contributed by atoms with Crippen LogP contribution in [0.25, 0.3) is 0 Å². The van der Waals surface area contributed by atoms with Crippen molar-refractivity contribution in [1.29, 1.82) is 0 Å². The van der Waals surface area contributed by atoms with E-state index < -0.39 is 0 Å². The molecule has 0 aromatic carbocycles. The molecule has 1 aliphatic rings. The minimum atomic E-state index is -0.0675. The zero-order valence-electron chi connectivity index (χ0n) is 11.8. The second kappa shape index (κ2) is 6.31. The van der Waals surface area contributed by atoms with Crippen LogP contribution in [0.3, 0.4) is 0 Å². The Kier molecular flexibility index (Phi) is 4.49. The van der Waals surface area contributed by atoms with Gasteiger partial charge in [0.25, 0.3) is 0 Å². The molecule has 2 amide bonds. The Balaban J connectivity index is 1.96. The van der Waals surface area contributed by atoms with Crippen molar-refractivity contribution in [1.82, 2.24) is 19.8 Å². The van der Waals surface area contributed by atoms with Gasteiger partial charge >= 0.3 is 0 Å². The molecule has 0 unspecified atom stereocenters. The van der Waals surface area contributed by atoms with Gasteiger partial charge in [-0.3, -0.25) is 14.6 Å². The summed E-state index contributed by atoms with van der Waals surface area (Å²) >= 11 is 0. The highest BCUT2D eigenvalue weighted by molar-refractivity contribution is 5.92. The number of carbonyl (C=O) groups excluding carboxylic acids is 2. The van der Waals surface area contributed by atoms with Crippen LogP contribution < -0.4 is 5.32 Å². The number of anilines is 1. The highest BCUT2D eigenvalue weighted by atomic mass is 16.2. The van der Waals surface area contributed by atoms with Gasteiger partial charge in [-0.15, -0.1) is 0 Å². The van der Waals surface area contributed by atoms with Gasteiger partial charge in [0.2, 0.25) is 11.8 Å². The highest BCUT2D eigenvalue weighted by Crippen LogP contribution is 2.08. The number of nitrogens with zero attached hydrogens (tertiary/aromatic N) is 4. The third-order valence-corrected chi connectivity index (χ3v) is 3.09. The zero-order valence-corrected chi connectivity index (χ0v) is 11.8. The summed E-state index contributed by atoms with van der Waals surface area (Å²) in [5.74, 6) is 0.595. The molecule has 1 aromatic heterocycles. The summed E-state index contributed by atoms with van der Waals surface area (Å²) in [6, 6.07) is 0. The van der Waals surface area contributed by atoms with E-state index in [1.807, 2.05) is 0 Å². The van der Waals surface area contributed by atoms with Crippen molar-refractivity contribution in [3.63, 3.8) is 0 Å². The van der Waals surface area contributed by atoms with Crippen molar-refractivity contribution in [3.05, 3.63) is 18.1 Å². The molecule has 0 aliphatic carbocycles. The van der Waals surface area contributed by atoms with E-state index in [9.17, 15) is 9.59 Å². The summed E-state index contributed by atoms with van der Waals surface area (Å²) in [5.41, 5.74) is 0.678. The Morgan fingerprint density at radius 2 is 2.00 bits per heavy atom. The number of amides is 2. The topological polar surface area (TPSA) is 78.4 Å². The van der Waals surface area contributed by atoms with E-state index in [-0.39, 0.29) is 24.9 Å². The van der Waals surface area contributed by atoms with Crippen LogP contribution in [0, 0.1) is 0 Å². The number of piperazine rings is 1. The molecule has 0 atom stereocenters. The van der Waals surface area contributed by atoms with Crippen LogP contribution in [-0.4, -0.2) is 58.3 Å². The summed E-state index contributed by atoms with van der Waals surface area (Å²) in [7, 11) is 1.63. The fourth-order valence-corrected chi connectivity index (χ4v) is 1.88. The Bertz CT molecular complexity index is 488. The smallest absolute Gasteiger partial charge is 0.243 e. The summed E-state index contributed by atoms with van der Waals surface area (Å²) in [6.45, 7) is 3.47. The number of hydrogen-bond acceptors (Lipinski definition) is 5. The van der Waals surface area contributed by atoms with Crippen LogP contribution >= 0.6 is 0 Å². The second-order valence-corrected chi connectivity index (χ2v) is 4.82. The van der Waals surface area contributed by atoms with Gasteiger partial charge in [0, 0.05) is 13.6 Å². The molecule has 0 saturated carbocycles. The molecular formula is C13H19N5O2. The quantitative estimate of drug-likeness (QED) is 0.826. The average molecular weight is 277 g/mol. The van der Waals surface area contributed by atoms with Crippen molar-refractivity contribution in [2.45, 2.75) is 19.9 Å². The summed E-state index contributed by atoms with van der Waals surface area (Å²) in [5, 5.41) is 3.13. The van der Waals surface area contributed by atoms with E-state index >= 15 is 0 Å². The van der Waals surface area contributed by atoms with Gasteiger partial charge < -0.3 is 15.1 Å². The Hall–Kier alpha value is -2.18. The fraction of sp³-hybridized carbons (Fsp3) is 0.538. The molecular weight excluding hydrogens is 258 g/mol. The molecule has 0 radical (unpaired) electrons. The first kappa shape index (κ1) is 14.2. The third kappa shape index (κ3) is 3.43. The van der Waals surface area contributed by atoms with Gasteiger partial charge in [-0.05, 0) is 6.42 Å². The van der Waals surface area contributed by atoms with Crippen LogP contribution in [0.4, 0.5) is 5.82 Å². The van der Waals surface area contributed by atoms with E-state index in [1.54, 1.807) is 19.4 Å². The number of aromatic nitrogens is 2. The standard InChI is InChI=1S/C13H19N5O2/c1-3-4-14-11-6-15-10(5-16-11)7-18-9-12(19)17(2)8-13(18)20/h5-6H,3-4,7-9H2,1-2H3,(H,14,16). The van der Waals surface area contributed by atoms with Crippen LogP contribution in [0.15, 0.2) is 12.4 Å². The molecule has 1 aromatic rings. The molecule has 0 spiro atoms. The fourth-order valence-electron chi connectivity index (χ4n) is 1.88. The molecule has 2 rings (SSSR count). The van der Waals surface area contributed by atoms with Crippen LogP contribution in [0.5, 0.6) is 0 Å². The molecule has 0 bridgehead atoms. The maximum absolute atomic E-state index is 11.8. The molecule has 2 heterocycles. The maximum Gasteiger partial charge on any atom is 0.243 e. The lowest BCUT2D eigenvalue weighted by Gasteiger charge is -2.31. The summed E-state index contributed by atoms with van der Waals surface area (Å²) in [4.78, 5) is 34.9. The summed E-state index contributed by atoms with van der Waals surface area (Å²) < 4.78 is 0. The third-order valence-electron chi connectivity index (χ3n) is 3.09.